The molecule has 0 aromatic carbocycles. The van der Waals surface area contributed by atoms with Crippen LogP contribution in [0.3, 0.4) is 0 Å². The highest BCUT2D eigenvalue weighted by atomic mass is 16.7. The molecule has 70 valence electrons. The highest BCUT2D eigenvalue weighted by Crippen LogP contribution is 2.10. The second-order valence-corrected chi connectivity index (χ2v) is 3.50. The first kappa shape index (κ1) is 9.48. The number of β-amino-alcohol motifs (C(OH)–C–C–N with tert-alkyl or cyclic N) is 1. The van der Waals surface area contributed by atoms with Gasteiger partial charge in [-0.3, -0.25) is 9.63 Å². The third kappa shape index (κ3) is 2.46. The zero-order chi connectivity index (χ0) is 9.14. The Labute approximate surface area is 72.1 Å². The highest BCUT2D eigenvalue weighted by Gasteiger charge is 2.25. The number of nitrogens with zero attached hydrogens (tertiary/aromatic N) is 1. The first-order valence-corrected chi connectivity index (χ1v) is 4.21. The smallest absolute Gasteiger partial charge is 0.246 e. The van der Waals surface area contributed by atoms with E-state index in [1.165, 1.54) is 5.06 Å². The number of aliphatic hydroxyl groups excluding tert-OH is 1. The zero-order valence-electron chi connectivity index (χ0n) is 7.49. The molecule has 12 heavy (non-hydrogen) atoms. The fourth-order valence-corrected chi connectivity index (χ4v) is 1.10. The van der Waals surface area contributed by atoms with Crippen LogP contribution in [-0.2, 0) is 9.63 Å². The Balaban J connectivity index is 2.33. The molecule has 0 spiro atoms. The van der Waals surface area contributed by atoms with Crippen LogP contribution in [0.15, 0.2) is 0 Å². The van der Waals surface area contributed by atoms with Crippen molar-refractivity contribution in [1.82, 2.24) is 5.06 Å². The monoisotopic (exact) mass is 173 g/mol. The van der Waals surface area contributed by atoms with Gasteiger partial charge >= 0.3 is 0 Å². The van der Waals surface area contributed by atoms with E-state index in [4.69, 9.17) is 9.94 Å². The van der Waals surface area contributed by atoms with Gasteiger partial charge in [-0.05, 0) is 5.92 Å². The number of carbonyl (C=O) groups excluding carboxylic acids is 1. The maximum atomic E-state index is 11.3. The Kier molecular flexibility index (Phi) is 3.05. The van der Waals surface area contributed by atoms with Gasteiger partial charge in [-0.25, -0.2) is 5.06 Å². The van der Waals surface area contributed by atoms with Crippen molar-refractivity contribution in [3.8, 4) is 0 Å². The van der Waals surface area contributed by atoms with Crippen LogP contribution >= 0.6 is 0 Å². The quantitative estimate of drug-likeness (QED) is 0.647. The van der Waals surface area contributed by atoms with E-state index < -0.39 is 6.10 Å². The van der Waals surface area contributed by atoms with E-state index in [0.29, 0.717) is 18.9 Å². The Bertz CT molecular complexity index is 170. The molecule has 1 heterocycles. The lowest BCUT2D eigenvalue weighted by molar-refractivity contribution is -0.169. The summed E-state index contributed by atoms with van der Waals surface area (Å²) >= 11 is 0. The molecule has 0 aliphatic carbocycles. The number of rotatable bonds is 2. The Hall–Kier alpha value is -0.610. The Morgan fingerprint density at radius 1 is 1.75 bits per heavy atom. The summed E-state index contributed by atoms with van der Waals surface area (Å²) in [6.45, 7) is 4.50. The lowest BCUT2D eigenvalue weighted by Gasteiger charge is -2.14. The minimum Gasteiger partial charge on any atom is -0.389 e. The van der Waals surface area contributed by atoms with Gasteiger partial charge in [0.25, 0.3) is 0 Å². The molecule has 1 aliphatic rings. The predicted molar refractivity (Wildman–Crippen MR) is 43.1 cm³/mol. The first-order chi connectivity index (χ1) is 5.59. The third-order valence-electron chi connectivity index (χ3n) is 1.66. The van der Waals surface area contributed by atoms with Gasteiger partial charge in [0.15, 0.2) is 0 Å². The molecule has 1 aliphatic heterocycles. The highest BCUT2D eigenvalue weighted by molar-refractivity contribution is 5.75. The van der Waals surface area contributed by atoms with Crippen LogP contribution in [-0.4, -0.2) is 35.3 Å². The largest absolute Gasteiger partial charge is 0.389 e. The summed E-state index contributed by atoms with van der Waals surface area (Å²) in [5.74, 6) is 0.292. The summed E-state index contributed by atoms with van der Waals surface area (Å²) in [6, 6.07) is 0. The average molecular weight is 173 g/mol. The standard InChI is InChI=1S/C8H15NO3/c1-6(2)3-8(11)9-4-7(10)5-12-9/h6-7,10H,3-5H2,1-2H3. The van der Waals surface area contributed by atoms with Crippen LogP contribution in [0.2, 0.25) is 0 Å². The molecule has 0 bridgehead atoms. The number of amides is 1. The van der Waals surface area contributed by atoms with Gasteiger partial charge in [-0.2, -0.15) is 0 Å². The molecule has 4 heteroatoms. The minimum absolute atomic E-state index is 0.0402. The molecule has 0 saturated carbocycles. The number of carbonyl (C=O) groups is 1. The molecule has 1 atom stereocenters. The summed E-state index contributed by atoms with van der Waals surface area (Å²) in [5.41, 5.74) is 0. The van der Waals surface area contributed by atoms with E-state index in [-0.39, 0.29) is 12.5 Å². The van der Waals surface area contributed by atoms with Crippen LogP contribution in [0.4, 0.5) is 0 Å². The van der Waals surface area contributed by atoms with E-state index in [0.717, 1.165) is 0 Å². The summed E-state index contributed by atoms with van der Waals surface area (Å²) in [5, 5.41) is 10.3. The Morgan fingerprint density at radius 3 is 2.83 bits per heavy atom. The fourth-order valence-electron chi connectivity index (χ4n) is 1.10. The Morgan fingerprint density at radius 2 is 2.42 bits per heavy atom. The molecule has 0 aromatic rings. The van der Waals surface area contributed by atoms with Crippen molar-refractivity contribution in [1.29, 1.82) is 0 Å². The molecule has 0 aromatic heterocycles. The van der Waals surface area contributed by atoms with E-state index in [9.17, 15) is 4.79 Å². The summed E-state index contributed by atoms with van der Waals surface area (Å²) in [6.07, 6.45) is -0.0340. The van der Waals surface area contributed by atoms with Crippen LogP contribution in [0.1, 0.15) is 20.3 Å². The van der Waals surface area contributed by atoms with Crippen molar-refractivity contribution in [3.63, 3.8) is 0 Å². The van der Waals surface area contributed by atoms with Crippen LogP contribution in [0.25, 0.3) is 0 Å². The van der Waals surface area contributed by atoms with Crippen molar-refractivity contribution in [2.75, 3.05) is 13.2 Å². The van der Waals surface area contributed by atoms with Gasteiger partial charge < -0.3 is 5.11 Å². The zero-order valence-corrected chi connectivity index (χ0v) is 7.49. The molecule has 0 radical (unpaired) electrons. The van der Waals surface area contributed by atoms with Gasteiger partial charge in [0.05, 0.1) is 12.6 Å². The van der Waals surface area contributed by atoms with E-state index in [1.807, 2.05) is 13.8 Å². The molecule has 1 amide bonds. The topological polar surface area (TPSA) is 49.8 Å². The van der Waals surface area contributed by atoms with Crippen molar-refractivity contribution < 1.29 is 14.7 Å². The summed E-state index contributed by atoms with van der Waals surface area (Å²) in [4.78, 5) is 16.3. The van der Waals surface area contributed by atoms with Crippen molar-refractivity contribution in [2.24, 2.45) is 5.92 Å². The predicted octanol–water partition coefficient (Wildman–Crippen LogP) is 0.167. The van der Waals surface area contributed by atoms with Gasteiger partial charge in [0, 0.05) is 6.42 Å². The van der Waals surface area contributed by atoms with Crippen LogP contribution in [0, 0.1) is 5.92 Å². The molecular weight excluding hydrogens is 158 g/mol. The number of hydrogen-bond donors (Lipinski definition) is 1. The maximum absolute atomic E-state index is 11.3. The van der Waals surface area contributed by atoms with Gasteiger partial charge in [-0.1, -0.05) is 13.8 Å². The van der Waals surface area contributed by atoms with Crippen LogP contribution < -0.4 is 0 Å². The summed E-state index contributed by atoms with van der Waals surface area (Å²) < 4.78 is 0. The third-order valence-corrected chi connectivity index (χ3v) is 1.66. The normalized spacial score (nSPS) is 23.7. The first-order valence-electron chi connectivity index (χ1n) is 4.21. The minimum atomic E-state index is -0.513. The molecule has 1 fully saturated rings. The second kappa shape index (κ2) is 3.87. The van der Waals surface area contributed by atoms with E-state index in [2.05, 4.69) is 0 Å². The number of hydrogen-bond acceptors (Lipinski definition) is 3. The molecule has 1 rings (SSSR count). The SMILES string of the molecule is CC(C)CC(=O)N1CC(O)CO1. The van der Waals surface area contributed by atoms with E-state index in [1.54, 1.807) is 0 Å². The molecular formula is C8H15NO3. The molecule has 1 saturated heterocycles. The molecule has 4 nitrogen and oxygen atoms in total. The van der Waals surface area contributed by atoms with E-state index >= 15 is 0 Å². The second-order valence-electron chi connectivity index (χ2n) is 3.50. The average Bonchev–Trinajstić information content (AvgIpc) is 2.34. The van der Waals surface area contributed by atoms with Crippen LogP contribution in [0.5, 0.6) is 0 Å². The number of hydroxylamine groups is 2. The maximum Gasteiger partial charge on any atom is 0.246 e. The van der Waals surface area contributed by atoms with Gasteiger partial charge in [0.2, 0.25) is 5.91 Å². The van der Waals surface area contributed by atoms with Crippen molar-refractivity contribution in [2.45, 2.75) is 26.4 Å². The van der Waals surface area contributed by atoms with Gasteiger partial charge in [0.1, 0.15) is 6.61 Å². The summed E-state index contributed by atoms with van der Waals surface area (Å²) in [7, 11) is 0. The lowest BCUT2D eigenvalue weighted by Crippen LogP contribution is -2.29. The van der Waals surface area contributed by atoms with Crippen molar-refractivity contribution in [3.05, 3.63) is 0 Å². The number of aliphatic hydroxyl groups is 1. The molecule has 1 N–H and O–H groups in total. The fraction of sp³-hybridized carbons (Fsp3) is 0.875. The lowest BCUT2D eigenvalue weighted by atomic mass is 10.1. The van der Waals surface area contributed by atoms with Gasteiger partial charge in [-0.15, -0.1) is 0 Å². The van der Waals surface area contributed by atoms with Crippen molar-refractivity contribution >= 4 is 5.91 Å². The molecule has 1 unspecified atom stereocenters.